The van der Waals surface area contributed by atoms with E-state index in [0.717, 1.165) is 29.2 Å². The van der Waals surface area contributed by atoms with Crippen LogP contribution in [0.1, 0.15) is 29.6 Å². The van der Waals surface area contributed by atoms with Crippen LogP contribution in [0.3, 0.4) is 0 Å². The number of nitrogens with one attached hydrogen (secondary N) is 1. The molecule has 1 N–H and O–H groups in total. The van der Waals surface area contributed by atoms with E-state index in [-0.39, 0.29) is 12.1 Å². The van der Waals surface area contributed by atoms with Crippen LogP contribution in [0, 0.1) is 0 Å². The van der Waals surface area contributed by atoms with Crippen LogP contribution in [0.25, 0.3) is 11.0 Å². The number of methoxy groups -OCH3 is 1. The Balaban J connectivity index is 1.65. The highest BCUT2D eigenvalue weighted by Gasteiger charge is 2.30. The zero-order valence-electron chi connectivity index (χ0n) is 15.2. The van der Waals surface area contributed by atoms with E-state index in [1.807, 2.05) is 18.2 Å². The predicted octanol–water partition coefficient (Wildman–Crippen LogP) is 5.19. The first-order valence-electron chi connectivity index (χ1n) is 9.26. The Kier molecular flexibility index (Phi) is 3.82. The average Bonchev–Trinajstić information content (AvgIpc) is 3.12. The molecule has 1 aliphatic heterocycles. The summed E-state index contributed by atoms with van der Waals surface area (Å²) >= 11 is 0. The van der Waals surface area contributed by atoms with Crippen molar-refractivity contribution < 1.29 is 4.74 Å². The number of hydrogen-bond acceptors (Lipinski definition) is 3. The standard InChI is InChI=1S/C23H21N3O/c1-27-18-13-11-17(12-14-18)22-15-20(16-7-3-2-4-8-16)25-23-24-19-9-5-6-10-21(19)26(22)23/h2-14,20,22H,15H2,1H3,(H,24,25)/t20-,22-/m1/s1. The molecule has 0 unspecified atom stereocenters. The fraction of sp³-hybridized carbons (Fsp3) is 0.174. The van der Waals surface area contributed by atoms with Crippen molar-refractivity contribution >= 4 is 17.0 Å². The molecule has 4 heteroatoms. The van der Waals surface area contributed by atoms with E-state index < -0.39 is 0 Å². The van der Waals surface area contributed by atoms with Gasteiger partial charge in [-0.2, -0.15) is 0 Å². The van der Waals surface area contributed by atoms with Gasteiger partial charge in [-0.15, -0.1) is 0 Å². The van der Waals surface area contributed by atoms with Crippen LogP contribution in [0.15, 0.2) is 78.9 Å². The molecule has 4 aromatic rings. The van der Waals surface area contributed by atoms with E-state index in [4.69, 9.17) is 9.72 Å². The maximum absolute atomic E-state index is 5.34. The molecule has 0 spiro atoms. The second kappa shape index (κ2) is 6.47. The average molecular weight is 355 g/mol. The van der Waals surface area contributed by atoms with Crippen molar-refractivity contribution in [3.8, 4) is 5.75 Å². The molecule has 1 aliphatic rings. The van der Waals surface area contributed by atoms with Gasteiger partial charge in [0.1, 0.15) is 5.75 Å². The predicted molar refractivity (Wildman–Crippen MR) is 108 cm³/mol. The first-order valence-corrected chi connectivity index (χ1v) is 9.26. The summed E-state index contributed by atoms with van der Waals surface area (Å²) in [5, 5.41) is 3.65. The second-order valence-electron chi connectivity index (χ2n) is 6.93. The molecule has 0 amide bonds. The van der Waals surface area contributed by atoms with Gasteiger partial charge in [0.05, 0.1) is 30.2 Å². The van der Waals surface area contributed by atoms with Crippen LogP contribution in [0.5, 0.6) is 5.75 Å². The number of anilines is 1. The Morgan fingerprint density at radius 1 is 0.889 bits per heavy atom. The maximum Gasteiger partial charge on any atom is 0.204 e. The topological polar surface area (TPSA) is 39.1 Å². The molecule has 0 radical (unpaired) electrons. The molecule has 0 saturated carbocycles. The smallest absolute Gasteiger partial charge is 0.204 e. The molecule has 0 fully saturated rings. The number of imidazole rings is 1. The quantitative estimate of drug-likeness (QED) is 0.549. The van der Waals surface area contributed by atoms with Crippen molar-refractivity contribution in [3.63, 3.8) is 0 Å². The Hall–Kier alpha value is -3.27. The van der Waals surface area contributed by atoms with Crippen LogP contribution in [-0.2, 0) is 0 Å². The fourth-order valence-corrected chi connectivity index (χ4v) is 4.02. The third-order valence-electron chi connectivity index (χ3n) is 5.37. The van der Waals surface area contributed by atoms with Crippen LogP contribution in [0.4, 0.5) is 5.95 Å². The summed E-state index contributed by atoms with van der Waals surface area (Å²) < 4.78 is 7.67. The monoisotopic (exact) mass is 355 g/mol. The highest BCUT2D eigenvalue weighted by Crippen LogP contribution is 2.41. The number of ether oxygens (including phenoxy) is 1. The summed E-state index contributed by atoms with van der Waals surface area (Å²) in [7, 11) is 1.70. The highest BCUT2D eigenvalue weighted by atomic mass is 16.5. The first kappa shape index (κ1) is 15.9. The third-order valence-corrected chi connectivity index (χ3v) is 5.37. The van der Waals surface area contributed by atoms with Gasteiger partial charge in [0.25, 0.3) is 0 Å². The summed E-state index contributed by atoms with van der Waals surface area (Å²) in [6, 6.07) is 27.8. The molecule has 4 nitrogen and oxygen atoms in total. The summed E-state index contributed by atoms with van der Waals surface area (Å²) in [5.74, 6) is 1.81. The molecule has 5 rings (SSSR count). The molecule has 1 aromatic heterocycles. The summed E-state index contributed by atoms with van der Waals surface area (Å²) in [6.07, 6.45) is 0.962. The maximum atomic E-state index is 5.34. The SMILES string of the molecule is COc1ccc([C@H]2C[C@H](c3ccccc3)Nc3nc4ccccc4n32)cc1. The zero-order valence-corrected chi connectivity index (χ0v) is 15.2. The third kappa shape index (κ3) is 2.74. The van der Waals surface area contributed by atoms with Crippen LogP contribution in [0.2, 0.25) is 0 Å². The van der Waals surface area contributed by atoms with Crippen LogP contribution in [-0.4, -0.2) is 16.7 Å². The Morgan fingerprint density at radius 2 is 1.63 bits per heavy atom. The van der Waals surface area contributed by atoms with Crippen molar-refractivity contribution in [1.29, 1.82) is 0 Å². The number of nitrogens with zero attached hydrogens (tertiary/aromatic N) is 2. The van der Waals surface area contributed by atoms with Gasteiger partial charge in [0.15, 0.2) is 0 Å². The second-order valence-corrected chi connectivity index (χ2v) is 6.93. The fourth-order valence-electron chi connectivity index (χ4n) is 4.02. The number of fused-ring (bicyclic) bond motifs is 3. The van der Waals surface area contributed by atoms with Gasteiger partial charge >= 0.3 is 0 Å². The number of para-hydroxylation sites is 2. The molecule has 2 atom stereocenters. The van der Waals surface area contributed by atoms with Crippen molar-refractivity contribution in [1.82, 2.24) is 9.55 Å². The van der Waals surface area contributed by atoms with Crippen LogP contribution >= 0.6 is 0 Å². The van der Waals surface area contributed by atoms with Gasteiger partial charge in [-0.05, 0) is 41.8 Å². The Morgan fingerprint density at radius 3 is 2.41 bits per heavy atom. The van der Waals surface area contributed by atoms with Crippen molar-refractivity contribution in [2.45, 2.75) is 18.5 Å². The van der Waals surface area contributed by atoms with E-state index in [1.165, 1.54) is 11.1 Å². The number of hydrogen-bond donors (Lipinski definition) is 1. The van der Waals surface area contributed by atoms with E-state index in [0.29, 0.717) is 0 Å². The molecule has 0 saturated heterocycles. The lowest BCUT2D eigenvalue weighted by Gasteiger charge is -2.33. The lowest BCUT2D eigenvalue weighted by molar-refractivity contribution is 0.414. The zero-order chi connectivity index (χ0) is 18.2. The highest BCUT2D eigenvalue weighted by molar-refractivity contribution is 5.79. The first-order chi connectivity index (χ1) is 13.3. The number of benzene rings is 3. The lowest BCUT2D eigenvalue weighted by atomic mass is 9.93. The van der Waals surface area contributed by atoms with Crippen molar-refractivity contribution in [2.75, 3.05) is 12.4 Å². The van der Waals surface area contributed by atoms with E-state index in [1.54, 1.807) is 7.11 Å². The molecular weight excluding hydrogens is 334 g/mol. The van der Waals surface area contributed by atoms with E-state index >= 15 is 0 Å². The van der Waals surface area contributed by atoms with Gasteiger partial charge in [-0.1, -0.05) is 54.6 Å². The lowest BCUT2D eigenvalue weighted by Crippen LogP contribution is -2.27. The van der Waals surface area contributed by atoms with Gasteiger partial charge in [0.2, 0.25) is 5.95 Å². The van der Waals surface area contributed by atoms with Gasteiger partial charge < -0.3 is 14.6 Å². The van der Waals surface area contributed by atoms with E-state index in [2.05, 4.69) is 70.5 Å². The minimum absolute atomic E-state index is 0.213. The molecule has 134 valence electrons. The molecule has 0 bridgehead atoms. The molecule has 3 aromatic carbocycles. The van der Waals surface area contributed by atoms with Gasteiger partial charge in [-0.3, -0.25) is 0 Å². The van der Waals surface area contributed by atoms with E-state index in [9.17, 15) is 0 Å². The van der Waals surface area contributed by atoms with Crippen molar-refractivity contribution in [3.05, 3.63) is 90.0 Å². The minimum Gasteiger partial charge on any atom is -0.497 e. The van der Waals surface area contributed by atoms with Gasteiger partial charge in [-0.25, -0.2) is 4.98 Å². The Labute approximate surface area is 158 Å². The molecule has 27 heavy (non-hydrogen) atoms. The summed E-state index contributed by atoms with van der Waals surface area (Å²) in [6.45, 7) is 0. The summed E-state index contributed by atoms with van der Waals surface area (Å²) in [4.78, 5) is 4.87. The molecule has 0 aliphatic carbocycles. The summed E-state index contributed by atoms with van der Waals surface area (Å²) in [5.41, 5.74) is 4.73. The van der Waals surface area contributed by atoms with Gasteiger partial charge in [0, 0.05) is 0 Å². The van der Waals surface area contributed by atoms with Crippen LogP contribution < -0.4 is 10.1 Å². The minimum atomic E-state index is 0.213. The number of aromatic nitrogens is 2. The molecular formula is C23H21N3O. The largest absolute Gasteiger partial charge is 0.497 e. The Bertz CT molecular complexity index is 1070. The van der Waals surface area contributed by atoms with Crippen molar-refractivity contribution in [2.24, 2.45) is 0 Å². The molecule has 2 heterocycles. The number of rotatable bonds is 3. The normalized spacial score (nSPS) is 18.7.